The molecule has 2 aromatic carbocycles. The summed E-state index contributed by atoms with van der Waals surface area (Å²) in [5, 5.41) is 3.00. The van der Waals surface area contributed by atoms with E-state index in [9.17, 15) is 13.2 Å². The highest BCUT2D eigenvalue weighted by Crippen LogP contribution is 2.20. The highest BCUT2D eigenvalue weighted by molar-refractivity contribution is 7.92. The van der Waals surface area contributed by atoms with Gasteiger partial charge in [0, 0.05) is 26.1 Å². The van der Waals surface area contributed by atoms with Crippen molar-refractivity contribution in [2.75, 3.05) is 30.2 Å². The van der Waals surface area contributed by atoms with Gasteiger partial charge in [0.1, 0.15) is 0 Å². The van der Waals surface area contributed by atoms with Crippen molar-refractivity contribution in [2.45, 2.75) is 45.7 Å². The molecule has 1 aliphatic heterocycles. The van der Waals surface area contributed by atoms with Gasteiger partial charge in [0.05, 0.1) is 11.9 Å². The minimum absolute atomic E-state index is 0.0614. The first-order valence-corrected chi connectivity index (χ1v) is 12.8. The van der Waals surface area contributed by atoms with Crippen molar-refractivity contribution in [1.82, 2.24) is 10.2 Å². The number of nitrogens with one attached hydrogen (secondary N) is 1. The highest BCUT2D eigenvalue weighted by atomic mass is 32.2. The summed E-state index contributed by atoms with van der Waals surface area (Å²) in [5.74, 6) is -0.0614. The molecule has 6 nitrogen and oxygen atoms in total. The van der Waals surface area contributed by atoms with Crippen LogP contribution < -0.4 is 9.62 Å². The molecular formula is C24H33N3O3S. The van der Waals surface area contributed by atoms with Gasteiger partial charge in [-0.15, -0.1) is 0 Å². The highest BCUT2D eigenvalue weighted by Gasteiger charge is 2.18. The molecule has 1 fully saturated rings. The second kappa shape index (κ2) is 10.8. The van der Waals surface area contributed by atoms with Crippen molar-refractivity contribution in [1.29, 1.82) is 0 Å². The minimum atomic E-state index is -3.41. The number of rotatable bonds is 10. The lowest BCUT2D eigenvalue weighted by Gasteiger charge is -2.22. The van der Waals surface area contributed by atoms with Crippen LogP contribution in [0.5, 0.6) is 0 Å². The Labute approximate surface area is 186 Å². The Morgan fingerprint density at radius 2 is 1.77 bits per heavy atom. The van der Waals surface area contributed by atoms with E-state index in [0.29, 0.717) is 18.7 Å². The Morgan fingerprint density at radius 1 is 1.06 bits per heavy atom. The first kappa shape index (κ1) is 23.3. The molecule has 0 aliphatic carbocycles. The van der Waals surface area contributed by atoms with Crippen LogP contribution in [-0.4, -0.2) is 45.1 Å². The standard InChI is InChI=1S/C24H33N3O3S/c1-20-9-7-12-23(17-20)27(31(2,29)30)16-8-13-24(28)25-18-21-10-3-4-11-22(21)19-26-14-5-6-15-26/h3-4,7,9-12,17H,5-6,8,13-16,18-19H2,1-2H3,(H,25,28). The van der Waals surface area contributed by atoms with Gasteiger partial charge in [0.25, 0.3) is 0 Å². The molecule has 1 N–H and O–H groups in total. The van der Waals surface area contributed by atoms with Crippen LogP contribution in [0.2, 0.25) is 0 Å². The van der Waals surface area contributed by atoms with Crippen LogP contribution in [0.1, 0.15) is 42.4 Å². The number of likely N-dealkylation sites (tertiary alicyclic amines) is 1. The molecule has 0 saturated carbocycles. The summed E-state index contributed by atoms with van der Waals surface area (Å²) in [4.78, 5) is 14.9. The van der Waals surface area contributed by atoms with E-state index in [2.05, 4.69) is 22.3 Å². The predicted octanol–water partition coefficient (Wildman–Crippen LogP) is 3.45. The van der Waals surface area contributed by atoms with Gasteiger partial charge >= 0.3 is 0 Å². The van der Waals surface area contributed by atoms with Crippen molar-refractivity contribution in [3.63, 3.8) is 0 Å². The van der Waals surface area contributed by atoms with Crippen LogP contribution in [0.25, 0.3) is 0 Å². The predicted molar refractivity (Wildman–Crippen MR) is 125 cm³/mol. The van der Waals surface area contributed by atoms with Crippen molar-refractivity contribution < 1.29 is 13.2 Å². The number of carbonyl (C=O) groups excluding carboxylic acids is 1. The van der Waals surface area contributed by atoms with E-state index in [0.717, 1.165) is 30.8 Å². The molecule has 168 valence electrons. The molecule has 1 amide bonds. The van der Waals surface area contributed by atoms with E-state index in [4.69, 9.17) is 0 Å². The molecule has 1 heterocycles. The number of hydrogen-bond acceptors (Lipinski definition) is 4. The summed E-state index contributed by atoms with van der Waals surface area (Å²) < 4.78 is 25.8. The minimum Gasteiger partial charge on any atom is -0.352 e. The van der Waals surface area contributed by atoms with Crippen LogP contribution in [-0.2, 0) is 27.9 Å². The van der Waals surface area contributed by atoms with Crippen LogP contribution in [0.3, 0.4) is 0 Å². The first-order valence-electron chi connectivity index (χ1n) is 10.9. The fraction of sp³-hybridized carbons (Fsp3) is 0.458. The molecule has 0 aromatic heterocycles. The zero-order valence-electron chi connectivity index (χ0n) is 18.5. The van der Waals surface area contributed by atoms with Gasteiger partial charge in [-0.1, -0.05) is 36.4 Å². The fourth-order valence-electron chi connectivity index (χ4n) is 4.00. The Morgan fingerprint density at radius 3 is 2.45 bits per heavy atom. The third kappa shape index (κ3) is 7.08. The maximum atomic E-state index is 12.4. The number of amides is 1. The molecule has 0 spiro atoms. The summed E-state index contributed by atoms with van der Waals surface area (Å²) in [6.07, 6.45) is 4.46. The summed E-state index contributed by atoms with van der Waals surface area (Å²) in [7, 11) is -3.41. The molecule has 2 aromatic rings. The lowest BCUT2D eigenvalue weighted by atomic mass is 10.1. The van der Waals surface area contributed by atoms with Crippen molar-refractivity contribution in [2.24, 2.45) is 0 Å². The molecule has 1 aliphatic rings. The third-order valence-electron chi connectivity index (χ3n) is 5.64. The number of hydrogen-bond donors (Lipinski definition) is 1. The summed E-state index contributed by atoms with van der Waals surface area (Å²) >= 11 is 0. The lowest BCUT2D eigenvalue weighted by molar-refractivity contribution is -0.121. The maximum Gasteiger partial charge on any atom is 0.232 e. The van der Waals surface area contributed by atoms with Gasteiger partial charge in [0.15, 0.2) is 0 Å². The second-order valence-corrected chi connectivity index (χ2v) is 10.2. The average Bonchev–Trinajstić information content (AvgIpc) is 3.23. The number of anilines is 1. The van der Waals surface area contributed by atoms with Crippen LogP contribution in [0, 0.1) is 6.92 Å². The number of aryl methyl sites for hydroxylation is 1. The smallest absolute Gasteiger partial charge is 0.232 e. The number of nitrogens with zero attached hydrogens (tertiary/aromatic N) is 2. The van der Waals surface area contributed by atoms with Crippen molar-refractivity contribution in [3.05, 3.63) is 65.2 Å². The lowest BCUT2D eigenvalue weighted by Crippen LogP contribution is -2.32. The third-order valence-corrected chi connectivity index (χ3v) is 6.84. The molecule has 1 saturated heterocycles. The molecule has 0 bridgehead atoms. The van der Waals surface area contributed by atoms with E-state index >= 15 is 0 Å². The fourth-order valence-corrected chi connectivity index (χ4v) is 4.96. The van der Waals surface area contributed by atoms with Gasteiger partial charge in [-0.2, -0.15) is 0 Å². The first-order chi connectivity index (χ1) is 14.8. The van der Waals surface area contributed by atoms with Crippen molar-refractivity contribution >= 4 is 21.6 Å². The van der Waals surface area contributed by atoms with E-state index in [1.54, 1.807) is 6.07 Å². The van der Waals surface area contributed by atoms with E-state index in [-0.39, 0.29) is 18.9 Å². The molecule has 0 unspecified atom stereocenters. The van der Waals surface area contributed by atoms with E-state index in [1.807, 2.05) is 37.3 Å². The number of benzene rings is 2. The zero-order chi connectivity index (χ0) is 22.3. The number of carbonyl (C=O) groups is 1. The molecule has 31 heavy (non-hydrogen) atoms. The molecular weight excluding hydrogens is 410 g/mol. The average molecular weight is 444 g/mol. The summed E-state index contributed by atoms with van der Waals surface area (Å²) in [6.45, 7) is 5.90. The monoisotopic (exact) mass is 443 g/mol. The quantitative estimate of drug-likeness (QED) is 0.611. The topological polar surface area (TPSA) is 69.7 Å². The number of sulfonamides is 1. The molecule has 7 heteroatoms. The van der Waals surface area contributed by atoms with Crippen LogP contribution in [0.15, 0.2) is 48.5 Å². The summed E-state index contributed by atoms with van der Waals surface area (Å²) in [5.41, 5.74) is 4.03. The maximum absolute atomic E-state index is 12.4. The van der Waals surface area contributed by atoms with E-state index < -0.39 is 10.0 Å². The Balaban J connectivity index is 1.51. The van der Waals surface area contributed by atoms with Gasteiger partial charge < -0.3 is 5.32 Å². The molecule has 3 rings (SSSR count). The Bertz CT molecular complexity index is 985. The normalized spacial score (nSPS) is 14.5. The summed E-state index contributed by atoms with van der Waals surface area (Å²) in [6, 6.07) is 15.6. The molecule has 0 radical (unpaired) electrons. The van der Waals surface area contributed by atoms with Gasteiger partial charge in [-0.3, -0.25) is 14.0 Å². The van der Waals surface area contributed by atoms with Gasteiger partial charge in [-0.05, 0) is 68.1 Å². The zero-order valence-corrected chi connectivity index (χ0v) is 19.3. The SMILES string of the molecule is Cc1cccc(N(CCCC(=O)NCc2ccccc2CN2CCCC2)S(C)(=O)=O)c1. The van der Waals surface area contributed by atoms with Crippen LogP contribution >= 0.6 is 0 Å². The second-order valence-electron chi connectivity index (χ2n) is 8.31. The largest absolute Gasteiger partial charge is 0.352 e. The van der Waals surface area contributed by atoms with E-state index in [1.165, 1.54) is 29.0 Å². The van der Waals surface area contributed by atoms with Crippen molar-refractivity contribution in [3.8, 4) is 0 Å². The van der Waals surface area contributed by atoms with Crippen LogP contribution in [0.4, 0.5) is 5.69 Å². The Hall–Kier alpha value is -2.38. The van der Waals surface area contributed by atoms with Gasteiger partial charge in [0.2, 0.25) is 15.9 Å². The molecule has 0 atom stereocenters. The Kier molecular flexibility index (Phi) is 8.09. The van der Waals surface area contributed by atoms with Gasteiger partial charge in [-0.25, -0.2) is 8.42 Å².